The number of H-pyrrole nitrogens is 1. The van der Waals surface area contributed by atoms with Crippen molar-refractivity contribution in [3.8, 4) is 0 Å². The lowest BCUT2D eigenvalue weighted by Gasteiger charge is -2.30. The Labute approximate surface area is 439 Å². The summed E-state index contributed by atoms with van der Waals surface area (Å²) in [4.78, 5) is 152. The summed E-state index contributed by atoms with van der Waals surface area (Å²) in [6.45, 7) is 12.3. The summed E-state index contributed by atoms with van der Waals surface area (Å²) in [5.41, 5.74) is 7.05. The SMILES string of the molecule is CC[C@H](C)[C@H](NC(=O)[C@H](Cc1cnc[nH]1)NC(=O)[C@@H](N)C(C)C)C(=O)N[C@@H](CC(C)C)C(=O)N[C@@H](CC(=O)O)C(=O)N[C@H](C(=O)N[C@@H](CCC(=O)O)C(=O)N[C@H](C(=O)N[C@@H](Cc1ccccc1)C(=O)O)[C@@H](C)O)[C@@H](C)O. The van der Waals surface area contributed by atoms with E-state index in [2.05, 4.69) is 52.5 Å². The number of imidazole rings is 1. The summed E-state index contributed by atoms with van der Waals surface area (Å²) < 4.78 is 0. The van der Waals surface area contributed by atoms with Gasteiger partial charge in [0.25, 0.3) is 0 Å². The number of hydrogen-bond acceptors (Lipinski definition) is 15. The molecule has 422 valence electrons. The predicted octanol–water partition coefficient (Wildman–Crippen LogP) is -2.67. The van der Waals surface area contributed by atoms with Crippen molar-refractivity contribution in [2.24, 2.45) is 23.5 Å². The van der Waals surface area contributed by atoms with Gasteiger partial charge in [-0.15, -0.1) is 0 Å². The number of rotatable bonds is 33. The molecule has 0 saturated heterocycles. The fraction of sp³-hybridized carbons (Fsp3) is 0.592. The fourth-order valence-corrected chi connectivity index (χ4v) is 7.40. The van der Waals surface area contributed by atoms with Gasteiger partial charge in [-0.25, -0.2) is 9.78 Å². The number of carboxylic acid groups (broad SMARTS) is 3. The molecule has 0 bridgehead atoms. The molecule has 0 radical (unpaired) electrons. The van der Waals surface area contributed by atoms with Crippen LogP contribution in [0.1, 0.15) is 98.8 Å². The van der Waals surface area contributed by atoms with Gasteiger partial charge in [0.05, 0.1) is 31.0 Å². The highest BCUT2D eigenvalue weighted by Gasteiger charge is 2.38. The Morgan fingerprint density at radius 2 is 1.04 bits per heavy atom. The molecule has 2 rings (SSSR count). The maximum atomic E-state index is 14.1. The van der Waals surface area contributed by atoms with Crippen molar-refractivity contribution < 1.29 is 78.3 Å². The van der Waals surface area contributed by atoms with Gasteiger partial charge in [-0.05, 0) is 50.0 Å². The molecule has 1 heterocycles. The number of carboxylic acids is 3. The number of aliphatic hydroxyl groups is 2. The molecule has 16 N–H and O–H groups in total. The highest BCUT2D eigenvalue weighted by Crippen LogP contribution is 2.14. The van der Waals surface area contributed by atoms with E-state index in [1.54, 1.807) is 71.9 Å². The van der Waals surface area contributed by atoms with Gasteiger partial charge >= 0.3 is 17.9 Å². The number of carbonyl (C=O) groups excluding carboxylic acids is 8. The van der Waals surface area contributed by atoms with E-state index in [1.165, 1.54) is 12.5 Å². The number of carbonyl (C=O) groups is 11. The Morgan fingerprint density at radius 1 is 0.566 bits per heavy atom. The van der Waals surface area contributed by atoms with E-state index in [1.807, 2.05) is 0 Å². The minimum absolute atomic E-state index is 0.0700. The number of aliphatic carboxylic acids is 3. The molecule has 0 aliphatic heterocycles. The second-order valence-electron chi connectivity index (χ2n) is 19.4. The third-order valence-electron chi connectivity index (χ3n) is 12.1. The van der Waals surface area contributed by atoms with Crippen molar-refractivity contribution in [2.45, 2.75) is 167 Å². The van der Waals surface area contributed by atoms with Gasteiger partial charge in [-0.3, -0.25) is 47.9 Å². The number of aromatic nitrogens is 2. The molecular weight excluding hydrogens is 999 g/mol. The van der Waals surface area contributed by atoms with Crippen molar-refractivity contribution >= 4 is 65.2 Å². The minimum Gasteiger partial charge on any atom is -0.481 e. The van der Waals surface area contributed by atoms with Gasteiger partial charge in [0, 0.05) is 31.2 Å². The van der Waals surface area contributed by atoms with Crippen LogP contribution in [0.25, 0.3) is 0 Å². The van der Waals surface area contributed by atoms with Crippen LogP contribution in [0.5, 0.6) is 0 Å². The first-order valence-electron chi connectivity index (χ1n) is 24.8. The van der Waals surface area contributed by atoms with Gasteiger partial charge in [-0.2, -0.15) is 0 Å². The van der Waals surface area contributed by atoms with Crippen LogP contribution >= 0.6 is 0 Å². The van der Waals surface area contributed by atoms with Gasteiger partial charge in [0.15, 0.2) is 0 Å². The van der Waals surface area contributed by atoms with E-state index in [4.69, 9.17) is 5.73 Å². The first-order chi connectivity index (χ1) is 35.6. The molecule has 27 nitrogen and oxygen atoms in total. The lowest BCUT2D eigenvalue weighted by molar-refractivity contribution is -0.143. The van der Waals surface area contributed by atoms with E-state index >= 15 is 0 Å². The Balaban J connectivity index is 2.37. The average Bonchev–Trinajstić information content (AvgIpc) is 3.86. The van der Waals surface area contributed by atoms with E-state index in [0.717, 1.165) is 13.8 Å². The first kappa shape index (κ1) is 64.6. The minimum atomic E-state index is -2.03. The molecule has 0 aliphatic carbocycles. The van der Waals surface area contributed by atoms with Crippen LogP contribution in [-0.4, -0.2) is 167 Å². The van der Waals surface area contributed by atoms with Crippen LogP contribution < -0.4 is 48.3 Å². The highest BCUT2D eigenvalue weighted by atomic mass is 16.4. The average molecular weight is 1070 g/mol. The zero-order valence-corrected chi connectivity index (χ0v) is 43.8. The Kier molecular flexibility index (Phi) is 26.7. The second-order valence-corrected chi connectivity index (χ2v) is 19.4. The maximum Gasteiger partial charge on any atom is 0.326 e. The Morgan fingerprint density at radius 3 is 1.51 bits per heavy atom. The zero-order chi connectivity index (χ0) is 57.6. The van der Waals surface area contributed by atoms with Crippen molar-refractivity contribution in [3.63, 3.8) is 0 Å². The summed E-state index contributed by atoms with van der Waals surface area (Å²) in [6, 6.07) is -6.07. The number of aromatic amines is 1. The van der Waals surface area contributed by atoms with Gasteiger partial charge < -0.3 is 78.8 Å². The third kappa shape index (κ3) is 21.7. The number of amides is 8. The van der Waals surface area contributed by atoms with Crippen LogP contribution in [0.2, 0.25) is 0 Å². The fourth-order valence-electron chi connectivity index (χ4n) is 7.40. The van der Waals surface area contributed by atoms with E-state index < -0.39 is 157 Å². The van der Waals surface area contributed by atoms with E-state index in [0.29, 0.717) is 17.7 Å². The van der Waals surface area contributed by atoms with Gasteiger partial charge in [0.1, 0.15) is 48.3 Å². The Bertz CT molecular complexity index is 2300. The van der Waals surface area contributed by atoms with Gasteiger partial charge in [0.2, 0.25) is 47.3 Å². The number of aliphatic hydroxyl groups excluding tert-OH is 2. The number of benzene rings is 1. The summed E-state index contributed by atoms with van der Waals surface area (Å²) in [7, 11) is 0. The Hall–Kier alpha value is -7.52. The van der Waals surface area contributed by atoms with Gasteiger partial charge in [-0.1, -0.05) is 78.3 Å². The molecule has 1 aromatic carbocycles. The topological polar surface area (TPSA) is 440 Å². The summed E-state index contributed by atoms with van der Waals surface area (Å²) >= 11 is 0. The largest absolute Gasteiger partial charge is 0.481 e. The number of hydrogen-bond donors (Lipinski definition) is 15. The third-order valence-corrected chi connectivity index (χ3v) is 12.1. The molecule has 2 aromatic rings. The van der Waals surface area contributed by atoms with Crippen LogP contribution in [0.15, 0.2) is 42.9 Å². The molecule has 0 unspecified atom stereocenters. The van der Waals surface area contributed by atoms with Crippen LogP contribution in [-0.2, 0) is 65.6 Å². The molecule has 1 aromatic heterocycles. The molecular formula is C49H75N11O16. The standard InChI is InChI=1S/C49H75N11O16/c1-9-25(6)38(58-43(69)32(19-29-21-51-22-52-29)55-45(71)37(50)24(4)5)46(72)56-31(17-23(2)3)42(68)54-33(20-36(65)66)44(70)60-39(26(7)61)47(73)53-30(15-16-35(63)64)41(67)59-40(27(8)62)48(74)57-34(49(75)76)18-28-13-11-10-12-14-28/h10-14,21-27,30-34,37-40,61-62H,9,15-20,50H2,1-8H3,(H,51,52)(H,53,73)(H,54,68)(H,55,71)(H,56,72)(H,57,74)(H,58,69)(H,59,67)(H,60,70)(H,63,64)(H,65,66)(H,75,76)/t25-,26+,27+,30-,31-,32-,33-,34-,37-,38-,39-,40-/m0/s1. The van der Waals surface area contributed by atoms with E-state index in [9.17, 15) is 78.3 Å². The number of nitrogens with zero attached hydrogens (tertiary/aromatic N) is 1. The predicted molar refractivity (Wildman–Crippen MR) is 270 cm³/mol. The second kappa shape index (κ2) is 31.4. The van der Waals surface area contributed by atoms with Crippen molar-refractivity contribution in [1.29, 1.82) is 0 Å². The number of nitrogens with two attached hydrogens (primary N) is 1. The number of nitrogens with one attached hydrogen (secondary N) is 9. The molecule has 76 heavy (non-hydrogen) atoms. The summed E-state index contributed by atoms with van der Waals surface area (Å²) in [5, 5.41) is 69.1. The van der Waals surface area contributed by atoms with E-state index in [-0.39, 0.29) is 31.1 Å². The van der Waals surface area contributed by atoms with Crippen molar-refractivity contribution in [3.05, 3.63) is 54.1 Å². The van der Waals surface area contributed by atoms with Crippen LogP contribution in [0.3, 0.4) is 0 Å². The summed E-state index contributed by atoms with van der Waals surface area (Å²) in [5.74, 6) is -14.1. The van der Waals surface area contributed by atoms with Crippen LogP contribution in [0, 0.1) is 17.8 Å². The molecule has 0 saturated carbocycles. The quantitative estimate of drug-likeness (QED) is 0.0347. The molecule has 0 fully saturated rings. The highest BCUT2D eigenvalue weighted by molar-refractivity contribution is 5.99. The smallest absolute Gasteiger partial charge is 0.326 e. The van der Waals surface area contributed by atoms with Crippen molar-refractivity contribution in [1.82, 2.24) is 52.5 Å². The molecule has 0 aliphatic rings. The molecule has 8 amide bonds. The summed E-state index contributed by atoms with van der Waals surface area (Å²) in [6.07, 6.45) is -3.23. The molecule has 27 heteroatoms. The normalized spacial score (nSPS) is 16.0. The van der Waals surface area contributed by atoms with Crippen molar-refractivity contribution in [2.75, 3.05) is 0 Å². The molecule has 12 atom stereocenters. The van der Waals surface area contributed by atoms with Crippen LogP contribution in [0.4, 0.5) is 0 Å². The zero-order valence-electron chi connectivity index (χ0n) is 43.8. The molecule has 0 spiro atoms. The first-order valence-corrected chi connectivity index (χ1v) is 24.8. The maximum absolute atomic E-state index is 14.1. The lowest BCUT2D eigenvalue weighted by atomic mass is 9.96. The lowest BCUT2D eigenvalue weighted by Crippen LogP contribution is -2.63. The monoisotopic (exact) mass is 1070 g/mol.